The lowest BCUT2D eigenvalue weighted by Gasteiger charge is -2.36. The number of nitrogens with zero attached hydrogens (tertiary/aromatic N) is 3. The van der Waals surface area contributed by atoms with E-state index in [2.05, 4.69) is 38.2 Å². The molecule has 0 aliphatic carbocycles. The SMILES string of the molecule is COc1ccccc1N1CCN(CCCOc2ccccc2-c2ccn[nH]2)CC1. The summed E-state index contributed by atoms with van der Waals surface area (Å²) >= 11 is 0. The third-order valence-electron chi connectivity index (χ3n) is 5.35. The smallest absolute Gasteiger partial charge is 0.142 e. The van der Waals surface area contributed by atoms with E-state index < -0.39 is 0 Å². The average molecular weight is 393 g/mol. The number of ether oxygens (including phenoxy) is 2. The van der Waals surface area contributed by atoms with Crippen molar-refractivity contribution in [3.05, 3.63) is 60.8 Å². The van der Waals surface area contributed by atoms with Crippen LogP contribution >= 0.6 is 0 Å². The number of para-hydroxylation sites is 3. The average Bonchev–Trinajstić information content (AvgIpc) is 3.32. The molecule has 0 radical (unpaired) electrons. The van der Waals surface area contributed by atoms with Crippen LogP contribution in [0.4, 0.5) is 5.69 Å². The highest BCUT2D eigenvalue weighted by atomic mass is 16.5. The molecule has 1 aliphatic heterocycles. The van der Waals surface area contributed by atoms with E-state index in [0.29, 0.717) is 6.61 Å². The highest BCUT2D eigenvalue weighted by Gasteiger charge is 2.19. The summed E-state index contributed by atoms with van der Waals surface area (Å²) in [6, 6.07) is 18.3. The van der Waals surface area contributed by atoms with E-state index in [1.807, 2.05) is 36.4 Å². The van der Waals surface area contributed by atoms with Crippen LogP contribution in [0.15, 0.2) is 60.8 Å². The van der Waals surface area contributed by atoms with Crippen molar-refractivity contribution < 1.29 is 9.47 Å². The number of rotatable bonds is 8. The van der Waals surface area contributed by atoms with Gasteiger partial charge in [0, 0.05) is 44.5 Å². The maximum absolute atomic E-state index is 6.07. The predicted octanol–water partition coefficient (Wildman–Crippen LogP) is 3.68. The molecule has 1 fully saturated rings. The highest BCUT2D eigenvalue weighted by molar-refractivity contribution is 5.66. The van der Waals surface area contributed by atoms with Gasteiger partial charge in [-0.1, -0.05) is 24.3 Å². The molecule has 6 nitrogen and oxygen atoms in total. The van der Waals surface area contributed by atoms with Crippen molar-refractivity contribution in [2.45, 2.75) is 6.42 Å². The molecule has 1 aromatic heterocycles. The lowest BCUT2D eigenvalue weighted by molar-refractivity contribution is 0.224. The summed E-state index contributed by atoms with van der Waals surface area (Å²) in [7, 11) is 1.74. The van der Waals surface area contributed by atoms with Crippen LogP contribution in [0.2, 0.25) is 0 Å². The Hall–Kier alpha value is -2.99. The fourth-order valence-electron chi connectivity index (χ4n) is 3.79. The van der Waals surface area contributed by atoms with Gasteiger partial charge in [-0.3, -0.25) is 10.00 Å². The van der Waals surface area contributed by atoms with Gasteiger partial charge < -0.3 is 14.4 Å². The van der Waals surface area contributed by atoms with E-state index >= 15 is 0 Å². The van der Waals surface area contributed by atoms with Gasteiger partial charge in [-0.25, -0.2) is 0 Å². The van der Waals surface area contributed by atoms with Crippen molar-refractivity contribution in [2.75, 3.05) is 51.3 Å². The third-order valence-corrected chi connectivity index (χ3v) is 5.35. The molecule has 0 saturated carbocycles. The van der Waals surface area contributed by atoms with Gasteiger partial charge in [-0.2, -0.15) is 5.10 Å². The first kappa shape index (κ1) is 19.3. The topological polar surface area (TPSA) is 53.6 Å². The fraction of sp³-hybridized carbons (Fsp3) is 0.348. The number of piperazine rings is 1. The number of benzene rings is 2. The molecule has 0 spiro atoms. The normalized spacial score (nSPS) is 14.7. The van der Waals surface area contributed by atoms with E-state index in [1.165, 1.54) is 5.69 Å². The summed E-state index contributed by atoms with van der Waals surface area (Å²) < 4.78 is 11.6. The third kappa shape index (κ3) is 4.71. The molecule has 29 heavy (non-hydrogen) atoms. The fourth-order valence-corrected chi connectivity index (χ4v) is 3.79. The van der Waals surface area contributed by atoms with Gasteiger partial charge in [0.1, 0.15) is 11.5 Å². The van der Waals surface area contributed by atoms with Crippen LogP contribution in [0.5, 0.6) is 11.5 Å². The van der Waals surface area contributed by atoms with Crippen LogP contribution < -0.4 is 14.4 Å². The number of anilines is 1. The van der Waals surface area contributed by atoms with Gasteiger partial charge in [-0.15, -0.1) is 0 Å². The Kier molecular flexibility index (Phi) is 6.32. The van der Waals surface area contributed by atoms with Crippen molar-refractivity contribution >= 4 is 5.69 Å². The van der Waals surface area contributed by atoms with Gasteiger partial charge in [0.25, 0.3) is 0 Å². The van der Waals surface area contributed by atoms with E-state index in [-0.39, 0.29) is 0 Å². The molecule has 3 aromatic rings. The van der Waals surface area contributed by atoms with Crippen LogP contribution in [0.1, 0.15) is 6.42 Å². The molecule has 152 valence electrons. The van der Waals surface area contributed by atoms with Gasteiger partial charge >= 0.3 is 0 Å². The number of nitrogens with one attached hydrogen (secondary N) is 1. The Morgan fingerprint density at radius 2 is 1.69 bits per heavy atom. The Morgan fingerprint density at radius 3 is 2.45 bits per heavy atom. The van der Waals surface area contributed by atoms with Gasteiger partial charge in [0.05, 0.1) is 25.1 Å². The number of hydrogen-bond acceptors (Lipinski definition) is 5. The summed E-state index contributed by atoms with van der Waals surface area (Å²) in [4.78, 5) is 4.92. The maximum Gasteiger partial charge on any atom is 0.142 e. The lowest BCUT2D eigenvalue weighted by atomic mass is 10.1. The summed E-state index contributed by atoms with van der Waals surface area (Å²) in [5.41, 5.74) is 3.22. The van der Waals surface area contributed by atoms with Crippen LogP contribution in [0.3, 0.4) is 0 Å². The summed E-state index contributed by atoms with van der Waals surface area (Å²) in [6.45, 7) is 5.91. The molecule has 0 atom stereocenters. The maximum atomic E-state index is 6.07. The van der Waals surface area contributed by atoms with Crippen molar-refractivity contribution in [3.8, 4) is 22.8 Å². The molecule has 0 bridgehead atoms. The van der Waals surface area contributed by atoms with E-state index in [9.17, 15) is 0 Å². The van der Waals surface area contributed by atoms with Crippen molar-refractivity contribution in [3.63, 3.8) is 0 Å². The van der Waals surface area contributed by atoms with E-state index in [1.54, 1.807) is 13.3 Å². The monoisotopic (exact) mass is 392 g/mol. The molecule has 6 heteroatoms. The minimum absolute atomic E-state index is 0.706. The summed E-state index contributed by atoms with van der Waals surface area (Å²) in [5, 5.41) is 7.05. The summed E-state index contributed by atoms with van der Waals surface area (Å²) in [5.74, 6) is 1.85. The molecule has 2 aromatic carbocycles. The molecule has 0 amide bonds. The number of H-pyrrole nitrogens is 1. The minimum atomic E-state index is 0.706. The Morgan fingerprint density at radius 1 is 0.931 bits per heavy atom. The quantitative estimate of drug-likeness (QED) is 0.593. The second-order valence-electron chi connectivity index (χ2n) is 7.17. The molecular formula is C23H28N4O2. The van der Waals surface area contributed by atoms with Crippen molar-refractivity contribution in [2.24, 2.45) is 0 Å². The Bertz CT molecular complexity index is 889. The van der Waals surface area contributed by atoms with Gasteiger partial charge in [0.2, 0.25) is 0 Å². The van der Waals surface area contributed by atoms with E-state index in [4.69, 9.17) is 9.47 Å². The van der Waals surface area contributed by atoms with E-state index in [0.717, 1.165) is 61.9 Å². The van der Waals surface area contributed by atoms with Crippen LogP contribution in [0, 0.1) is 0 Å². The minimum Gasteiger partial charge on any atom is -0.495 e. The second kappa shape index (κ2) is 9.47. The van der Waals surface area contributed by atoms with Crippen molar-refractivity contribution in [1.29, 1.82) is 0 Å². The predicted molar refractivity (Wildman–Crippen MR) is 116 cm³/mol. The zero-order valence-electron chi connectivity index (χ0n) is 16.9. The number of hydrogen-bond donors (Lipinski definition) is 1. The first-order valence-corrected chi connectivity index (χ1v) is 10.2. The highest BCUT2D eigenvalue weighted by Crippen LogP contribution is 2.29. The first-order chi connectivity index (χ1) is 14.3. The van der Waals surface area contributed by atoms with Crippen LogP contribution in [-0.4, -0.2) is 61.5 Å². The largest absolute Gasteiger partial charge is 0.495 e. The molecule has 1 saturated heterocycles. The second-order valence-corrected chi connectivity index (χ2v) is 7.17. The zero-order chi connectivity index (χ0) is 19.9. The molecule has 1 N–H and O–H groups in total. The number of methoxy groups -OCH3 is 1. The Balaban J connectivity index is 1.23. The lowest BCUT2D eigenvalue weighted by Crippen LogP contribution is -2.46. The molecule has 0 unspecified atom stereocenters. The van der Waals surface area contributed by atoms with Gasteiger partial charge in [-0.05, 0) is 36.8 Å². The number of aromatic nitrogens is 2. The standard InChI is InChI=1S/C23H28N4O2/c1-28-23-10-5-3-8-21(23)27-16-14-26(15-17-27)13-6-18-29-22-9-4-2-7-19(22)20-11-12-24-25-20/h2-5,7-12H,6,13-18H2,1H3,(H,24,25). The Labute approximate surface area is 172 Å². The summed E-state index contributed by atoms with van der Waals surface area (Å²) in [6.07, 6.45) is 2.77. The number of aromatic amines is 1. The molecule has 2 heterocycles. The van der Waals surface area contributed by atoms with Crippen LogP contribution in [0.25, 0.3) is 11.3 Å². The first-order valence-electron chi connectivity index (χ1n) is 10.2. The zero-order valence-corrected chi connectivity index (χ0v) is 16.9. The molecule has 4 rings (SSSR count). The van der Waals surface area contributed by atoms with Crippen molar-refractivity contribution in [1.82, 2.24) is 15.1 Å². The van der Waals surface area contributed by atoms with Crippen LogP contribution in [-0.2, 0) is 0 Å². The molecule has 1 aliphatic rings. The van der Waals surface area contributed by atoms with Gasteiger partial charge in [0.15, 0.2) is 0 Å². The molecular weight excluding hydrogens is 364 g/mol.